The van der Waals surface area contributed by atoms with E-state index in [4.69, 9.17) is 21.7 Å². The zero-order valence-electron chi connectivity index (χ0n) is 10.6. The number of aliphatic hydroxyl groups excluding tert-OH is 2. The van der Waals surface area contributed by atoms with Crippen LogP contribution in [0.25, 0.3) is 0 Å². The average molecular weight is 302 g/mol. The van der Waals surface area contributed by atoms with Gasteiger partial charge in [0, 0.05) is 13.1 Å². The zero-order valence-corrected chi connectivity index (χ0v) is 11.4. The van der Waals surface area contributed by atoms with Gasteiger partial charge in [0.2, 0.25) is 0 Å². The van der Waals surface area contributed by atoms with Crippen molar-refractivity contribution in [1.29, 1.82) is 0 Å². The third kappa shape index (κ3) is 2.96. The highest BCUT2D eigenvalue weighted by Gasteiger charge is 2.44. The largest absolute Gasteiger partial charge is 0.463 e. The number of aliphatic hydroxyl groups is 2. The number of nitrogens with zero attached hydrogens (tertiary/aromatic N) is 1. The molecule has 1 fully saturated rings. The smallest absolute Gasteiger partial charge is 0.328 e. The van der Waals surface area contributed by atoms with Crippen LogP contribution in [-0.2, 0) is 14.3 Å². The molecule has 110 valence electrons. The molecule has 0 bridgehead atoms. The quantitative estimate of drug-likeness (QED) is 0.489. The lowest BCUT2D eigenvalue weighted by molar-refractivity contribution is -0.147. The summed E-state index contributed by atoms with van der Waals surface area (Å²) in [6, 6.07) is 1.46. The molecule has 0 spiro atoms. The molecule has 2 heterocycles. The molecule has 20 heavy (non-hydrogen) atoms. The second-order valence-corrected chi connectivity index (χ2v) is 4.81. The summed E-state index contributed by atoms with van der Waals surface area (Å²) in [4.78, 5) is 24.9. The van der Waals surface area contributed by atoms with Gasteiger partial charge in [0.1, 0.15) is 29.6 Å². The highest BCUT2D eigenvalue weighted by Crippen LogP contribution is 2.28. The maximum atomic E-state index is 11.7. The molecule has 0 radical (unpaired) electrons. The predicted octanol–water partition coefficient (Wildman–Crippen LogP) is -0.912. The summed E-state index contributed by atoms with van der Waals surface area (Å²) < 4.78 is 11.4. The Hall–Kier alpha value is -1.55. The summed E-state index contributed by atoms with van der Waals surface area (Å²) in [5.74, 6) is -0.528. The maximum absolute atomic E-state index is 11.7. The highest BCUT2D eigenvalue weighted by atomic mass is 32.1. The van der Waals surface area contributed by atoms with Gasteiger partial charge in [-0.2, -0.15) is 0 Å². The number of esters is 1. The number of nitrogens with one attached hydrogen (secondary N) is 1. The van der Waals surface area contributed by atoms with Crippen molar-refractivity contribution in [3.05, 3.63) is 27.4 Å². The third-order valence-corrected chi connectivity index (χ3v) is 3.15. The van der Waals surface area contributed by atoms with Crippen molar-refractivity contribution in [1.82, 2.24) is 9.55 Å². The molecule has 2 rings (SSSR count). The maximum Gasteiger partial charge on any atom is 0.328 e. The summed E-state index contributed by atoms with van der Waals surface area (Å²) in [6.45, 7) is 1.01. The van der Waals surface area contributed by atoms with Crippen LogP contribution in [0, 0.1) is 4.64 Å². The number of hydrogen-bond acceptors (Lipinski definition) is 7. The lowest BCUT2D eigenvalue weighted by Crippen LogP contribution is -2.36. The van der Waals surface area contributed by atoms with Crippen LogP contribution in [0.3, 0.4) is 0 Å². The van der Waals surface area contributed by atoms with Gasteiger partial charge in [-0.15, -0.1) is 0 Å². The monoisotopic (exact) mass is 302 g/mol. The fourth-order valence-electron chi connectivity index (χ4n) is 1.92. The van der Waals surface area contributed by atoms with Crippen LogP contribution in [0.4, 0.5) is 0 Å². The molecule has 0 amide bonds. The van der Waals surface area contributed by atoms with Gasteiger partial charge in [0.05, 0.1) is 0 Å². The molecular weight excluding hydrogens is 288 g/mol. The predicted molar refractivity (Wildman–Crippen MR) is 68.4 cm³/mol. The number of hydrogen-bond donors (Lipinski definition) is 3. The number of ether oxygens (including phenoxy) is 2. The van der Waals surface area contributed by atoms with Crippen molar-refractivity contribution in [2.24, 2.45) is 0 Å². The van der Waals surface area contributed by atoms with Crippen LogP contribution in [-0.4, -0.2) is 50.7 Å². The van der Waals surface area contributed by atoms with E-state index >= 15 is 0 Å². The first-order valence-corrected chi connectivity index (χ1v) is 6.27. The normalized spacial score (nSPS) is 29.4. The Morgan fingerprint density at radius 2 is 2.25 bits per heavy atom. The fraction of sp³-hybridized carbons (Fsp3) is 0.545. The zero-order chi connectivity index (χ0) is 14.9. The van der Waals surface area contributed by atoms with Crippen LogP contribution in [0.2, 0.25) is 0 Å². The second-order valence-electron chi connectivity index (χ2n) is 4.37. The van der Waals surface area contributed by atoms with Crippen LogP contribution < -0.4 is 5.69 Å². The molecule has 0 aromatic carbocycles. The van der Waals surface area contributed by atoms with Crippen LogP contribution in [0.15, 0.2) is 17.1 Å². The van der Waals surface area contributed by atoms with Gasteiger partial charge in [-0.3, -0.25) is 14.3 Å². The molecule has 1 saturated heterocycles. The fourth-order valence-corrected chi connectivity index (χ4v) is 2.07. The van der Waals surface area contributed by atoms with Crippen molar-refractivity contribution in [2.45, 2.75) is 31.5 Å². The van der Waals surface area contributed by atoms with Crippen molar-refractivity contribution in [3.8, 4) is 0 Å². The first-order valence-electron chi connectivity index (χ1n) is 5.86. The van der Waals surface area contributed by atoms with E-state index in [0.29, 0.717) is 0 Å². The van der Waals surface area contributed by atoms with Gasteiger partial charge < -0.3 is 19.7 Å². The van der Waals surface area contributed by atoms with Crippen molar-refractivity contribution < 1.29 is 24.5 Å². The van der Waals surface area contributed by atoms with Crippen molar-refractivity contribution >= 4 is 18.2 Å². The van der Waals surface area contributed by atoms with Gasteiger partial charge in [0.25, 0.3) is 0 Å². The SMILES string of the molecule is CC(=O)OC[C@H]1O[C@@H](n2ccc(=S)[nH]c2=O)[C@H](O)[C@@H]1O. The summed E-state index contributed by atoms with van der Waals surface area (Å²) >= 11 is 4.80. The molecule has 1 aromatic heterocycles. The van der Waals surface area contributed by atoms with Crippen LogP contribution in [0.1, 0.15) is 13.2 Å². The van der Waals surface area contributed by atoms with E-state index in [9.17, 15) is 19.8 Å². The first-order chi connectivity index (χ1) is 9.40. The number of carbonyl (C=O) groups excluding carboxylic acids is 1. The minimum absolute atomic E-state index is 0.207. The first kappa shape index (κ1) is 14.9. The van der Waals surface area contributed by atoms with E-state index in [0.717, 1.165) is 4.57 Å². The summed E-state index contributed by atoms with van der Waals surface area (Å²) in [6.07, 6.45) is -3.22. The Balaban J connectivity index is 2.19. The molecule has 0 saturated carbocycles. The lowest BCUT2D eigenvalue weighted by atomic mass is 10.1. The number of aromatic nitrogens is 2. The summed E-state index contributed by atoms with van der Waals surface area (Å²) in [5, 5.41) is 19.8. The molecule has 1 aromatic rings. The molecule has 1 aliphatic rings. The minimum atomic E-state index is -1.32. The Labute approximate surface area is 118 Å². The van der Waals surface area contributed by atoms with Gasteiger partial charge >= 0.3 is 11.7 Å². The minimum Gasteiger partial charge on any atom is -0.463 e. The summed E-state index contributed by atoms with van der Waals surface area (Å²) in [5.41, 5.74) is -0.568. The standard InChI is InChI=1S/C11H14N2O6S/c1-5(14)18-4-6-8(15)9(16)10(19-6)13-3-2-7(20)12-11(13)17/h2-3,6,8-10,15-16H,4H2,1H3,(H,12,17,20)/t6-,8-,9-,10-/m1/s1. The molecular formula is C11H14N2O6S. The van der Waals surface area contributed by atoms with Crippen LogP contribution >= 0.6 is 12.2 Å². The van der Waals surface area contributed by atoms with E-state index in [-0.39, 0.29) is 11.2 Å². The van der Waals surface area contributed by atoms with E-state index in [1.54, 1.807) is 0 Å². The summed E-state index contributed by atoms with van der Waals surface area (Å²) in [7, 11) is 0. The molecule has 4 atom stereocenters. The number of carbonyl (C=O) groups is 1. The molecule has 1 aliphatic heterocycles. The number of H-pyrrole nitrogens is 1. The Kier molecular flexibility index (Phi) is 4.33. The molecule has 9 heteroatoms. The average Bonchev–Trinajstić information content (AvgIpc) is 2.64. The van der Waals surface area contributed by atoms with Gasteiger partial charge in [-0.05, 0) is 6.07 Å². The Bertz CT molecular complexity index is 611. The van der Waals surface area contributed by atoms with Gasteiger partial charge in [-0.25, -0.2) is 4.79 Å². The van der Waals surface area contributed by atoms with Crippen LogP contribution in [0.5, 0.6) is 0 Å². The van der Waals surface area contributed by atoms with E-state index < -0.39 is 36.2 Å². The molecule has 8 nitrogen and oxygen atoms in total. The Morgan fingerprint density at radius 1 is 1.55 bits per heavy atom. The third-order valence-electron chi connectivity index (χ3n) is 2.91. The molecule has 0 unspecified atom stereocenters. The van der Waals surface area contributed by atoms with Crippen molar-refractivity contribution in [3.63, 3.8) is 0 Å². The van der Waals surface area contributed by atoms with E-state index in [1.165, 1.54) is 19.2 Å². The number of rotatable bonds is 3. The van der Waals surface area contributed by atoms with Gasteiger partial charge in [-0.1, -0.05) is 12.2 Å². The van der Waals surface area contributed by atoms with E-state index in [2.05, 4.69) is 4.98 Å². The number of aromatic amines is 1. The van der Waals surface area contributed by atoms with E-state index in [1.807, 2.05) is 0 Å². The topological polar surface area (TPSA) is 114 Å². The molecule has 0 aliphatic carbocycles. The Morgan fingerprint density at radius 3 is 2.85 bits per heavy atom. The molecule has 3 N–H and O–H groups in total. The lowest BCUT2D eigenvalue weighted by Gasteiger charge is -2.16. The van der Waals surface area contributed by atoms with Gasteiger partial charge in [0.15, 0.2) is 6.23 Å². The highest BCUT2D eigenvalue weighted by molar-refractivity contribution is 7.71. The van der Waals surface area contributed by atoms with Crippen molar-refractivity contribution in [2.75, 3.05) is 6.61 Å². The second kappa shape index (κ2) is 5.83.